The molecule has 0 spiro atoms. The maximum Gasteiger partial charge on any atom is 0.435 e. The molecule has 1 aromatic carbocycles. The summed E-state index contributed by atoms with van der Waals surface area (Å²) >= 11 is 0. The summed E-state index contributed by atoms with van der Waals surface area (Å²) in [5.74, 6) is 0. The summed E-state index contributed by atoms with van der Waals surface area (Å²) < 4.78 is 39.3. The van der Waals surface area contributed by atoms with Gasteiger partial charge in [0, 0.05) is 0 Å². The molecule has 4 nitrogen and oxygen atoms in total. The number of halogens is 3. The van der Waals surface area contributed by atoms with E-state index in [2.05, 4.69) is 10.3 Å². The molecule has 1 aromatic heterocycles. The zero-order chi connectivity index (χ0) is 14.0. The van der Waals surface area contributed by atoms with Crippen molar-refractivity contribution < 1.29 is 18.0 Å². The monoisotopic (exact) mass is 269 g/mol. The van der Waals surface area contributed by atoms with Crippen molar-refractivity contribution in [1.82, 2.24) is 15.0 Å². The molecule has 0 bridgehead atoms. The van der Waals surface area contributed by atoms with Crippen LogP contribution in [0.4, 0.5) is 13.2 Å². The van der Waals surface area contributed by atoms with E-state index < -0.39 is 17.6 Å². The Hall–Kier alpha value is -2.18. The fourth-order valence-corrected chi connectivity index (χ4v) is 1.69. The van der Waals surface area contributed by atoms with E-state index >= 15 is 0 Å². The maximum atomic E-state index is 12.9. The Labute approximate surface area is 106 Å². The minimum atomic E-state index is -4.69. The van der Waals surface area contributed by atoms with Gasteiger partial charge in [-0.05, 0) is 24.1 Å². The Balaban J connectivity index is 2.55. The van der Waals surface area contributed by atoms with Crippen LogP contribution >= 0.6 is 0 Å². The highest BCUT2D eigenvalue weighted by atomic mass is 19.4. The van der Waals surface area contributed by atoms with Gasteiger partial charge in [0.05, 0.1) is 5.69 Å². The first kappa shape index (κ1) is 13.3. The molecule has 0 aliphatic rings. The Bertz CT molecular complexity index is 587. The third-order valence-corrected chi connectivity index (χ3v) is 2.67. The average molecular weight is 269 g/mol. The highest BCUT2D eigenvalue weighted by molar-refractivity contribution is 5.73. The van der Waals surface area contributed by atoms with Crippen LogP contribution in [0.1, 0.15) is 28.7 Å². The van der Waals surface area contributed by atoms with Crippen molar-refractivity contribution >= 4 is 6.29 Å². The molecule has 0 radical (unpaired) electrons. The number of hydrogen-bond donors (Lipinski definition) is 0. The van der Waals surface area contributed by atoms with Crippen molar-refractivity contribution in [2.45, 2.75) is 19.5 Å². The molecule has 2 aromatic rings. The van der Waals surface area contributed by atoms with E-state index in [1.807, 2.05) is 6.92 Å². The summed E-state index contributed by atoms with van der Waals surface area (Å²) in [7, 11) is 0. The molecule has 0 amide bonds. The van der Waals surface area contributed by atoms with Gasteiger partial charge in [0.25, 0.3) is 0 Å². The van der Waals surface area contributed by atoms with E-state index in [1.54, 1.807) is 12.1 Å². The van der Waals surface area contributed by atoms with E-state index in [0.717, 1.165) is 12.0 Å². The molecule has 100 valence electrons. The topological polar surface area (TPSA) is 47.8 Å². The van der Waals surface area contributed by atoms with Crippen molar-refractivity contribution in [3.63, 3.8) is 0 Å². The summed E-state index contributed by atoms with van der Waals surface area (Å²) in [6.07, 6.45) is -3.86. The summed E-state index contributed by atoms with van der Waals surface area (Å²) in [5.41, 5.74) is -0.669. The van der Waals surface area contributed by atoms with Gasteiger partial charge in [-0.2, -0.15) is 13.2 Å². The van der Waals surface area contributed by atoms with Gasteiger partial charge in [-0.3, -0.25) is 4.79 Å². The Morgan fingerprint density at radius 3 is 2.37 bits per heavy atom. The Kier molecular flexibility index (Phi) is 3.37. The molecule has 0 unspecified atom stereocenters. The minimum absolute atomic E-state index is 0.0483. The van der Waals surface area contributed by atoms with Crippen LogP contribution in [0.3, 0.4) is 0 Å². The predicted molar refractivity (Wildman–Crippen MR) is 61.1 cm³/mol. The Morgan fingerprint density at radius 2 is 1.89 bits per heavy atom. The first-order valence-electron chi connectivity index (χ1n) is 5.54. The molecule has 19 heavy (non-hydrogen) atoms. The van der Waals surface area contributed by atoms with Gasteiger partial charge in [0.15, 0.2) is 17.7 Å². The predicted octanol–water partition coefficient (Wildman–Crippen LogP) is 2.66. The first-order valence-corrected chi connectivity index (χ1v) is 5.54. The third kappa shape index (κ3) is 2.49. The second-order valence-corrected chi connectivity index (χ2v) is 3.87. The zero-order valence-electron chi connectivity index (χ0n) is 9.98. The summed E-state index contributed by atoms with van der Waals surface area (Å²) in [6, 6.07) is 6.43. The summed E-state index contributed by atoms with van der Waals surface area (Å²) in [6.45, 7) is 1.94. The molecular weight excluding hydrogens is 259 g/mol. The molecule has 2 rings (SSSR count). The number of hydrogen-bond acceptors (Lipinski definition) is 3. The summed E-state index contributed by atoms with van der Waals surface area (Å²) in [4.78, 5) is 10.6. The molecule has 0 saturated heterocycles. The minimum Gasteiger partial charge on any atom is -0.296 e. The van der Waals surface area contributed by atoms with E-state index in [4.69, 9.17) is 0 Å². The number of aromatic nitrogens is 3. The number of nitrogens with zero attached hydrogens (tertiary/aromatic N) is 3. The van der Waals surface area contributed by atoms with Crippen LogP contribution in [0.2, 0.25) is 0 Å². The maximum absolute atomic E-state index is 12.9. The van der Waals surface area contributed by atoms with Crippen LogP contribution < -0.4 is 0 Å². The van der Waals surface area contributed by atoms with Gasteiger partial charge in [0.1, 0.15) is 0 Å². The lowest BCUT2D eigenvalue weighted by Crippen LogP contribution is -2.15. The lowest BCUT2D eigenvalue weighted by molar-refractivity contribution is -0.143. The quantitative estimate of drug-likeness (QED) is 0.805. The van der Waals surface area contributed by atoms with Crippen molar-refractivity contribution in [3.8, 4) is 5.69 Å². The number of benzene rings is 1. The third-order valence-electron chi connectivity index (χ3n) is 2.67. The summed E-state index contributed by atoms with van der Waals surface area (Å²) in [5, 5.41) is 6.64. The molecule has 0 aliphatic heterocycles. The standard InChI is InChI=1S/C12H10F3N3O/c1-2-8-3-5-9(6-4-8)18-11(12(13,14)15)10(7-19)16-17-18/h3-7H,2H2,1H3. The molecule has 0 N–H and O–H groups in total. The van der Waals surface area contributed by atoms with Crippen LogP contribution in [-0.2, 0) is 12.6 Å². The number of alkyl halides is 3. The lowest BCUT2D eigenvalue weighted by Gasteiger charge is -2.10. The number of aldehydes is 1. The van der Waals surface area contributed by atoms with E-state index in [0.29, 0.717) is 4.68 Å². The average Bonchev–Trinajstić information content (AvgIpc) is 2.82. The molecule has 0 aliphatic carbocycles. The number of carbonyl (C=O) groups excluding carboxylic acids is 1. The largest absolute Gasteiger partial charge is 0.435 e. The van der Waals surface area contributed by atoms with Crippen molar-refractivity contribution in [2.75, 3.05) is 0 Å². The van der Waals surface area contributed by atoms with Gasteiger partial charge in [-0.15, -0.1) is 5.10 Å². The second-order valence-electron chi connectivity index (χ2n) is 3.87. The normalized spacial score (nSPS) is 11.6. The molecular formula is C12H10F3N3O. The van der Waals surface area contributed by atoms with Gasteiger partial charge in [-0.25, -0.2) is 4.68 Å². The zero-order valence-corrected chi connectivity index (χ0v) is 9.98. The van der Waals surface area contributed by atoms with Gasteiger partial charge in [0.2, 0.25) is 0 Å². The smallest absolute Gasteiger partial charge is 0.296 e. The fourth-order valence-electron chi connectivity index (χ4n) is 1.69. The van der Waals surface area contributed by atoms with Gasteiger partial charge >= 0.3 is 6.18 Å². The number of rotatable bonds is 3. The second kappa shape index (κ2) is 4.83. The van der Waals surface area contributed by atoms with E-state index in [1.165, 1.54) is 12.1 Å². The Morgan fingerprint density at radius 1 is 1.26 bits per heavy atom. The van der Waals surface area contributed by atoms with Crippen LogP contribution in [0.15, 0.2) is 24.3 Å². The van der Waals surface area contributed by atoms with E-state index in [9.17, 15) is 18.0 Å². The molecule has 0 atom stereocenters. The van der Waals surface area contributed by atoms with Crippen molar-refractivity contribution in [1.29, 1.82) is 0 Å². The van der Waals surface area contributed by atoms with Crippen LogP contribution in [0, 0.1) is 0 Å². The van der Waals surface area contributed by atoms with Crippen LogP contribution in [0.5, 0.6) is 0 Å². The lowest BCUT2D eigenvalue weighted by atomic mass is 10.1. The molecule has 1 heterocycles. The van der Waals surface area contributed by atoms with Gasteiger partial charge < -0.3 is 0 Å². The van der Waals surface area contributed by atoms with E-state index in [-0.39, 0.29) is 12.0 Å². The molecule has 7 heteroatoms. The van der Waals surface area contributed by atoms with Gasteiger partial charge in [-0.1, -0.05) is 24.3 Å². The fraction of sp³-hybridized carbons (Fsp3) is 0.250. The van der Waals surface area contributed by atoms with Crippen molar-refractivity contribution in [2.24, 2.45) is 0 Å². The highest BCUT2D eigenvalue weighted by Gasteiger charge is 2.39. The van der Waals surface area contributed by atoms with Crippen LogP contribution in [-0.4, -0.2) is 21.3 Å². The number of aryl methyl sites for hydroxylation is 1. The molecule has 0 fully saturated rings. The highest BCUT2D eigenvalue weighted by Crippen LogP contribution is 2.32. The first-order chi connectivity index (χ1) is 8.97. The van der Waals surface area contributed by atoms with Crippen molar-refractivity contribution in [3.05, 3.63) is 41.2 Å². The molecule has 0 saturated carbocycles. The number of carbonyl (C=O) groups is 1. The van der Waals surface area contributed by atoms with Crippen LogP contribution in [0.25, 0.3) is 5.69 Å². The SMILES string of the molecule is CCc1ccc(-n2nnc(C=O)c2C(F)(F)F)cc1.